The second-order valence-electron chi connectivity index (χ2n) is 5.14. The molecule has 1 rings (SSSR count). The van der Waals surface area contributed by atoms with E-state index >= 15 is 0 Å². The minimum absolute atomic E-state index is 0.0217. The number of thiazole rings is 1. The number of amides is 2. The molecular weight excluding hydrogens is 262 g/mol. The Morgan fingerprint density at radius 3 is 2.32 bits per heavy atom. The molecule has 0 aliphatic carbocycles. The van der Waals surface area contributed by atoms with Crippen LogP contribution in [0.5, 0.6) is 0 Å². The van der Waals surface area contributed by atoms with Crippen molar-refractivity contribution in [3.63, 3.8) is 0 Å². The maximum absolute atomic E-state index is 12.1. The Kier molecular flexibility index (Phi) is 5.47. The first-order chi connectivity index (χ1) is 8.81. The minimum Gasteiger partial charge on any atom is -0.344 e. The van der Waals surface area contributed by atoms with Gasteiger partial charge in [0.2, 0.25) is 11.8 Å². The zero-order chi connectivity index (χ0) is 14.6. The molecule has 0 radical (unpaired) electrons. The number of hydrogen-bond donors (Lipinski definition) is 2. The molecule has 6 heteroatoms. The van der Waals surface area contributed by atoms with Gasteiger partial charge in [0, 0.05) is 12.3 Å². The van der Waals surface area contributed by atoms with Gasteiger partial charge in [0.25, 0.3) is 0 Å². The molecule has 0 unspecified atom stereocenters. The van der Waals surface area contributed by atoms with E-state index in [4.69, 9.17) is 0 Å². The topological polar surface area (TPSA) is 71.1 Å². The lowest BCUT2D eigenvalue weighted by molar-refractivity contribution is -0.126. The van der Waals surface area contributed by atoms with Crippen LogP contribution in [0.4, 0.5) is 5.13 Å². The van der Waals surface area contributed by atoms with Gasteiger partial charge in [-0.05, 0) is 11.8 Å². The second kappa shape index (κ2) is 6.65. The second-order valence-corrected chi connectivity index (χ2v) is 6.00. The summed E-state index contributed by atoms with van der Waals surface area (Å²) in [5, 5.41) is 7.92. The molecule has 0 aliphatic heterocycles. The highest BCUT2D eigenvalue weighted by atomic mass is 32.1. The number of carbonyl (C=O) groups excluding carboxylic acids is 2. The van der Waals surface area contributed by atoms with Gasteiger partial charge in [0.05, 0.1) is 5.69 Å². The molecule has 106 valence electrons. The standard InChI is InChI=1S/C13H21N3O2S/c1-7(2)10-6-19-13(15-10)16-12(18)11(8(3)4)14-9(5)17/h6-8,11H,1-5H3,(H,14,17)(H,15,16,18)/t11-/m0/s1. The summed E-state index contributed by atoms with van der Waals surface area (Å²) in [6.07, 6.45) is 0. The molecule has 5 nitrogen and oxygen atoms in total. The van der Waals surface area contributed by atoms with E-state index < -0.39 is 6.04 Å². The summed E-state index contributed by atoms with van der Waals surface area (Å²) >= 11 is 1.40. The van der Waals surface area contributed by atoms with Crippen molar-refractivity contribution in [3.8, 4) is 0 Å². The summed E-state index contributed by atoms with van der Waals surface area (Å²) in [7, 11) is 0. The van der Waals surface area contributed by atoms with E-state index in [-0.39, 0.29) is 17.7 Å². The van der Waals surface area contributed by atoms with Gasteiger partial charge in [0.1, 0.15) is 6.04 Å². The van der Waals surface area contributed by atoms with Crippen molar-refractivity contribution in [1.82, 2.24) is 10.3 Å². The van der Waals surface area contributed by atoms with E-state index in [0.717, 1.165) is 5.69 Å². The molecule has 1 aromatic rings. The number of hydrogen-bond acceptors (Lipinski definition) is 4. The normalized spacial score (nSPS) is 12.6. The molecule has 0 bridgehead atoms. The molecule has 1 aromatic heterocycles. The summed E-state index contributed by atoms with van der Waals surface area (Å²) in [4.78, 5) is 27.6. The smallest absolute Gasteiger partial charge is 0.248 e. The zero-order valence-electron chi connectivity index (χ0n) is 12.0. The Morgan fingerprint density at radius 2 is 1.89 bits per heavy atom. The molecule has 0 saturated carbocycles. The van der Waals surface area contributed by atoms with E-state index in [1.54, 1.807) is 0 Å². The maximum atomic E-state index is 12.1. The average molecular weight is 283 g/mol. The fourth-order valence-electron chi connectivity index (χ4n) is 1.55. The Morgan fingerprint density at radius 1 is 1.26 bits per heavy atom. The van der Waals surface area contributed by atoms with E-state index in [9.17, 15) is 9.59 Å². The molecule has 2 N–H and O–H groups in total. The van der Waals surface area contributed by atoms with Crippen molar-refractivity contribution >= 4 is 28.3 Å². The van der Waals surface area contributed by atoms with Gasteiger partial charge in [-0.3, -0.25) is 9.59 Å². The van der Waals surface area contributed by atoms with Crippen LogP contribution >= 0.6 is 11.3 Å². The Balaban J connectivity index is 2.72. The summed E-state index contributed by atoms with van der Waals surface area (Å²) < 4.78 is 0. The van der Waals surface area contributed by atoms with Crippen molar-refractivity contribution in [2.75, 3.05) is 5.32 Å². The van der Waals surface area contributed by atoms with Crippen LogP contribution in [0.15, 0.2) is 5.38 Å². The third-order valence-corrected chi connectivity index (χ3v) is 3.43. The largest absolute Gasteiger partial charge is 0.344 e. The first kappa shape index (κ1) is 15.6. The van der Waals surface area contributed by atoms with Gasteiger partial charge in [0.15, 0.2) is 5.13 Å². The summed E-state index contributed by atoms with van der Waals surface area (Å²) in [5.41, 5.74) is 0.959. The molecule has 2 amide bonds. The number of anilines is 1. The van der Waals surface area contributed by atoms with E-state index in [1.165, 1.54) is 18.3 Å². The number of rotatable bonds is 5. The van der Waals surface area contributed by atoms with Crippen molar-refractivity contribution in [2.24, 2.45) is 5.92 Å². The Bertz CT molecular complexity index is 454. The van der Waals surface area contributed by atoms with Crippen LogP contribution in [0.2, 0.25) is 0 Å². The summed E-state index contributed by atoms with van der Waals surface area (Å²) in [6, 6.07) is -0.538. The van der Waals surface area contributed by atoms with Gasteiger partial charge >= 0.3 is 0 Å². The molecule has 0 saturated heterocycles. The summed E-state index contributed by atoms with van der Waals surface area (Å²) in [6.45, 7) is 9.29. The van der Waals surface area contributed by atoms with Crippen molar-refractivity contribution in [1.29, 1.82) is 0 Å². The number of aromatic nitrogens is 1. The Labute approximate surface area is 117 Å². The highest BCUT2D eigenvalue weighted by Gasteiger charge is 2.23. The van der Waals surface area contributed by atoms with E-state index in [2.05, 4.69) is 29.5 Å². The van der Waals surface area contributed by atoms with Crippen LogP contribution in [0.1, 0.15) is 46.2 Å². The van der Waals surface area contributed by atoms with Crippen molar-refractivity contribution in [3.05, 3.63) is 11.1 Å². The van der Waals surface area contributed by atoms with Crippen LogP contribution in [0, 0.1) is 5.92 Å². The highest BCUT2D eigenvalue weighted by Crippen LogP contribution is 2.21. The van der Waals surface area contributed by atoms with Crippen LogP contribution in [-0.2, 0) is 9.59 Å². The van der Waals surface area contributed by atoms with Crippen LogP contribution in [0.25, 0.3) is 0 Å². The molecule has 1 atom stereocenters. The molecule has 0 aromatic carbocycles. The van der Waals surface area contributed by atoms with Gasteiger partial charge in [-0.15, -0.1) is 11.3 Å². The third-order valence-electron chi connectivity index (χ3n) is 2.65. The first-order valence-electron chi connectivity index (χ1n) is 6.34. The van der Waals surface area contributed by atoms with Gasteiger partial charge in [-0.1, -0.05) is 27.7 Å². The molecule has 0 aliphatic rings. The van der Waals surface area contributed by atoms with Crippen molar-refractivity contribution < 1.29 is 9.59 Å². The van der Waals surface area contributed by atoms with E-state index in [1.807, 2.05) is 19.2 Å². The van der Waals surface area contributed by atoms with Gasteiger partial charge in [-0.2, -0.15) is 0 Å². The fraction of sp³-hybridized carbons (Fsp3) is 0.615. The molecule has 1 heterocycles. The lowest BCUT2D eigenvalue weighted by atomic mass is 10.0. The Hall–Kier alpha value is -1.43. The lowest BCUT2D eigenvalue weighted by Crippen LogP contribution is -2.46. The van der Waals surface area contributed by atoms with Gasteiger partial charge < -0.3 is 10.6 Å². The highest BCUT2D eigenvalue weighted by molar-refractivity contribution is 7.13. The van der Waals surface area contributed by atoms with E-state index in [0.29, 0.717) is 11.0 Å². The quantitative estimate of drug-likeness (QED) is 0.871. The van der Waals surface area contributed by atoms with Crippen LogP contribution in [0.3, 0.4) is 0 Å². The fourth-order valence-corrected chi connectivity index (χ4v) is 2.42. The minimum atomic E-state index is -0.538. The number of nitrogens with one attached hydrogen (secondary N) is 2. The van der Waals surface area contributed by atoms with Crippen LogP contribution < -0.4 is 10.6 Å². The molecule has 0 spiro atoms. The number of nitrogens with zero attached hydrogens (tertiary/aromatic N) is 1. The maximum Gasteiger partial charge on any atom is 0.248 e. The molecule has 0 fully saturated rings. The predicted molar refractivity (Wildman–Crippen MR) is 77.3 cm³/mol. The first-order valence-corrected chi connectivity index (χ1v) is 7.22. The average Bonchev–Trinajstić information content (AvgIpc) is 2.73. The third kappa shape index (κ3) is 4.63. The number of carbonyl (C=O) groups is 2. The summed E-state index contributed by atoms with van der Waals surface area (Å²) in [5.74, 6) is -0.0858. The van der Waals surface area contributed by atoms with Crippen molar-refractivity contribution in [2.45, 2.75) is 46.6 Å². The van der Waals surface area contributed by atoms with Gasteiger partial charge in [-0.25, -0.2) is 4.98 Å². The lowest BCUT2D eigenvalue weighted by Gasteiger charge is -2.20. The molecule has 19 heavy (non-hydrogen) atoms. The predicted octanol–water partition coefficient (Wildman–Crippen LogP) is 2.37. The molecular formula is C13H21N3O2S. The van der Waals surface area contributed by atoms with Crippen LogP contribution in [-0.4, -0.2) is 22.8 Å². The monoisotopic (exact) mass is 283 g/mol. The zero-order valence-corrected chi connectivity index (χ0v) is 12.8. The SMILES string of the molecule is CC(=O)N[C@H](C(=O)Nc1nc(C(C)C)cs1)C(C)C.